The third-order valence-electron chi connectivity index (χ3n) is 10.1. The summed E-state index contributed by atoms with van der Waals surface area (Å²) < 4.78 is 16.7. The minimum absolute atomic E-state index is 0.120. The van der Waals surface area contributed by atoms with E-state index in [1.165, 1.54) is 25.7 Å². The topological polar surface area (TPSA) is 78.9 Å². The van der Waals surface area contributed by atoms with Crippen LogP contribution in [0.2, 0.25) is 0 Å². The molecule has 0 aromatic carbocycles. The smallest absolute Gasteiger partial charge is 0.306 e. The van der Waals surface area contributed by atoms with Crippen LogP contribution in [0.15, 0.2) is 134 Å². The fraction of sp³-hybridized carbons (Fsp3) is 0.576. The van der Waals surface area contributed by atoms with Crippen LogP contribution in [0.1, 0.15) is 201 Å². The van der Waals surface area contributed by atoms with Gasteiger partial charge in [0.25, 0.3) is 0 Å². The van der Waals surface area contributed by atoms with Crippen LogP contribution in [-0.4, -0.2) is 37.2 Å². The first-order valence-electron chi connectivity index (χ1n) is 25.7. The fourth-order valence-corrected chi connectivity index (χ4v) is 6.40. The molecule has 0 aliphatic heterocycles. The molecule has 0 rings (SSSR count). The Balaban J connectivity index is 4.56. The maximum absolute atomic E-state index is 12.8. The van der Waals surface area contributed by atoms with Gasteiger partial charge in [-0.3, -0.25) is 14.4 Å². The Morgan fingerprint density at radius 1 is 0.308 bits per heavy atom. The summed E-state index contributed by atoms with van der Waals surface area (Å²) in [7, 11) is 0. The van der Waals surface area contributed by atoms with Crippen molar-refractivity contribution in [2.24, 2.45) is 0 Å². The molecule has 0 N–H and O–H groups in total. The lowest BCUT2D eigenvalue weighted by molar-refractivity contribution is -0.166. The molecule has 0 saturated heterocycles. The van der Waals surface area contributed by atoms with E-state index in [0.29, 0.717) is 12.8 Å². The van der Waals surface area contributed by atoms with Crippen LogP contribution in [0.25, 0.3) is 0 Å². The maximum Gasteiger partial charge on any atom is 0.306 e. The molecule has 0 saturated carbocycles. The minimum Gasteiger partial charge on any atom is -0.462 e. The Morgan fingerprint density at radius 2 is 0.585 bits per heavy atom. The van der Waals surface area contributed by atoms with Crippen molar-refractivity contribution < 1.29 is 28.6 Å². The molecule has 65 heavy (non-hydrogen) atoms. The molecule has 1 unspecified atom stereocenters. The highest BCUT2D eigenvalue weighted by Crippen LogP contribution is 2.12. The average Bonchev–Trinajstić information content (AvgIpc) is 3.30. The quantitative estimate of drug-likeness (QED) is 0.0262. The highest BCUT2D eigenvalue weighted by Gasteiger charge is 2.19. The first-order valence-corrected chi connectivity index (χ1v) is 25.7. The van der Waals surface area contributed by atoms with Gasteiger partial charge in [0.05, 0.1) is 0 Å². The molecule has 0 aliphatic rings. The summed E-state index contributed by atoms with van der Waals surface area (Å²) in [5.74, 6) is -1.05. The van der Waals surface area contributed by atoms with Gasteiger partial charge in [0.1, 0.15) is 13.2 Å². The van der Waals surface area contributed by atoms with Crippen molar-refractivity contribution in [2.45, 2.75) is 207 Å². The van der Waals surface area contributed by atoms with E-state index < -0.39 is 6.10 Å². The van der Waals surface area contributed by atoms with Crippen LogP contribution >= 0.6 is 0 Å². The summed E-state index contributed by atoms with van der Waals surface area (Å²) in [6.45, 7) is 6.19. The average molecular weight is 897 g/mol. The predicted octanol–water partition coefficient (Wildman–Crippen LogP) is 17.1. The second kappa shape index (κ2) is 52.2. The van der Waals surface area contributed by atoms with Crippen molar-refractivity contribution in [3.63, 3.8) is 0 Å². The van der Waals surface area contributed by atoms with Gasteiger partial charge in [-0.05, 0) is 116 Å². The van der Waals surface area contributed by atoms with Crippen molar-refractivity contribution in [2.75, 3.05) is 13.2 Å². The number of hydrogen-bond acceptors (Lipinski definition) is 6. The van der Waals surface area contributed by atoms with E-state index in [1.54, 1.807) is 0 Å². The largest absolute Gasteiger partial charge is 0.462 e. The van der Waals surface area contributed by atoms with Crippen molar-refractivity contribution >= 4 is 17.9 Å². The van der Waals surface area contributed by atoms with E-state index >= 15 is 0 Å². The molecule has 0 aromatic rings. The lowest BCUT2D eigenvalue weighted by Gasteiger charge is -2.18. The summed E-state index contributed by atoms with van der Waals surface area (Å²) in [6.07, 6.45) is 73.0. The zero-order valence-corrected chi connectivity index (χ0v) is 41.4. The Morgan fingerprint density at radius 3 is 0.954 bits per heavy atom. The predicted molar refractivity (Wildman–Crippen MR) is 279 cm³/mol. The molecule has 6 heteroatoms. The first-order chi connectivity index (χ1) is 32.0. The first kappa shape index (κ1) is 60.5. The number of allylic oxidation sites excluding steroid dienone is 22. The van der Waals surface area contributed by atoms with E-state index in [-0.39, 0.29) is 44.0 Å². The second-order valence-corrected chi connectivity index (χ2v) is 16.3. The molecule has 0 heterocycles. The Bertz CT molecular complexity index is 1450. The van der Waals surface area contributed by atoms with Gasteiger partial charge < -0.3 is 14.2 Å². The summed E-state index contributed by atoms with van der Waals surface area (Å²) in [5.41, 5.74) is 0. The number of rotatable bonds is 44. The molecule has 0 radical (unpaired) electrons. The van der Waals surface area contributed by atoms with Gasteiger partial charge in [0.15, 0.2) is 6.10 Å². The zero-order chi connectivity index (χ0) is 47.2. The SMILES string of the molecule is CC/C=C\C/C=C\C/C=C\C/C=C\C/C=C\C/C=C\CCC(=O)OCC(COC(=O)CCCCCCCCC/C=C\C/C=C\CC)OC(=O)CCCCCC/C=C\C/C=C\C/C=C\CC. The molecule has 1 atom stereocenters. The van der Waals surface area contributed by atoms with Crippen LogP contribution in [-0.2, 0) is 28.6 Å². The Labute approximate surface area is 398 Å². The van der Waals surface area contributed by atoms with Crippen molar-refractivity contribution in [1.82, 2.24) is 0 Å². The fourth-order valence-electron chi connectivity index (χ4n) is 6.40. The normalized spacial score (nSPS) is 13.2. The summed E-state index contributed by atoms with van der Waals surface area (Å²) in [6, 6.07) is 0. The third kappa shape index (κ3) is 50.4. The molecule has 0 aliphatic carbocycles. The number of esters is 3. The molecule has 0 bridgehead atoms. The second-order valence-electron chi connectivity index (χ2n) is 16.3. The Kier molecular flexibility index (Phi) is 48.6. The molecule has 0 fully saturated rings. The number of carbonyl (C=O) groups is 3. The van der Waals surface area contributed by atoms with Crippen molar-refractivity contribution in [3.05, 3.63) is 134 Å². The number of hydrogen-bond donors (Lipinski definition) is 0. The third-order valence-corrected chi connectivity index (χ3v) is 10.1. The monoisotopic (exact) mass is 897 g/mol. The van der Waals surface area contributed by atoms with Gasteiger partial charge in [-0.1, -0.05) is 199 Å². The molecular formula is C59H92O6. The van der Waals surface area contributed by atoms with Gasteiger partial charge in [0.2, 0.25) is 0 Å². The van der Waals surface area contributed by atoms with Crippen molar-refractivity contribution in [1.29, 1.82) is 0 Å². The number of carbonyl (C=O) groups excluding carboxylic acids is 3. The van der Waals surface area contributed by atoms with Gasteiger partial charge >= 0.3 is 17.9 Å². The number of unbranched alkanes of at least 4 members (excludes halogenated alkanes) is 11. The lowest BCUT2D eigenvalue weighted by Crippen LogP contribution is -2.30. The van der Waals surface area contributed by atoms with Crippen molar-refractivity contribution in [3.8, 4) is 0 Å². The van der Waals surface area contributed by atoms with Crippen LogP contribution in [0.3, 0.4) is 0 Å². The van der Waals surface area contributed by atoms with Crippen LogP contribution in [0.4, 0.5) is 0 Å². The molecule has 0 aromatic heterocycles. The van der Waals surface area contributed by atoms with Gasteiger partial charge in [-0.15, -0.1) is 0 Å². The molecular weight excluding hydrogens is 805 g/mol. The number of ether oxygens (including phenoxy) is 3. The molecule has 0 spiro atoms. The van der Waals surface area contributed by atoms with E-state index in [4.69, 9.17) is 14.2 Å². The summed E-state index contributed by atoms with van der Waals surface area (Å²) in [5, 5.41) is 0. The Hall–Kier alpha value is -4.45. The van der Waals surface area contributed by atoms with Gasteiger partial charge in [0, 0.05) is 19.3 Å². The lowest BCUT2D eigenvalue weighted by atomic mass is 10.1. The van der Waals surface area contributed by atoms with E-state index in [1.807, 2.05) is 12.2 Å². The van der Waals surface area contributed by atoms with Crippen LogP contribution < -0.4 is 0 Å². The summed E-state index contributed by atoms with van der Waals surface area (Å²) >= 11 is 0. The van der Waals surface area contributed by atoms with Crippen LogP contribution in [0, 0.1) is 0 Å². The van der Waals surface area contributed by atoms with E-state index in [2.05, 4.69) is 142 Å². The van der Waals surface area contributed by atoms with Gasteiger partial charge in [-0.25, -0.2) is 0 Å². The highest BCUT2D eigenvalue weighted by atomic mass is 16.6. The maximum atomic E-state index is 12.8. The van der Waals surface area contributed by atoms with Crippen LogP contribution in [0.5, 0.6) is 0 Å². The molecule has 0 amide bonds. The standard InChI is InChI=1S/C59H92O6/c1-4-7-10-13-16-19-22-25-28-29-30-31-32-35-37-40-43-46-49-52-58(61)64-55-56(65-59(62)53-50-47-44-41-38-34-27-24-21-18-15-12-9-6-3)54-63-57(60)51-48-45-42-39-36-33-26-23-20-17-14-11-8-5-2/h7-12,16-21,25,27-28,30-31,34-35,37,43,46,56H,4-6,13-15,22-24,26,29,32-33,36,38-42,44-45,47-55H2,1-3H3/b10-7-,11-8-,12-9-,19-16-,20-17-,21-18-,28-25-,31-30-,34-27-,37-35-,46-43-. The van der Waals surface area contributed by atoms with Gasteiger partial charge in [-0.2, -0.15) is 0 Å². The highest BCUT2D eigenvalue weighted by molar-refractivity contribution is 5.71. The van der Waals surface area contributed by atoms with E-state index in [0.717, 1.165) is 128 Å². The molecule has 364 valence electrons. The molecule has 6 nitrogen and oxygen atoms in total. The minimum atomic E-state index is -0.828. The summed E-state index contributed by atoms with van der Waals surface area (Å²) in [4.78, 5) is 38.0. The zero-order valence-electron chi connectivity index (χ0n) is 41.4. The van der Waals surface area contributed by atoms with E-state index in [9.17, 15) is 14.4 Å².